The first-order valence-electron chi connectivity index (χ1n) is 4.10. The number of rotatable bonds is 3. The van der Waals surface area contributed by atoms with Gasteiger partial charge in [0, 0.05) is 5.38 Å². The van der Waals surface area contributed by atoms with Crippen molar-refractivity contribution in [2.24, 2.45) is 0 Å². The summed E-state index contributed by atoms with van der Waals surface area (Å²) >= 11 is 1.51. The molecule has 0 radical (unpaired) electrons. The Morgan fingerprint density at radius 1 is 1.54 bits per heavy atom. The van der Waals surface area contributed by atoms with E-state index in [1.807, 2.05) is 31.5 Å². The van der Waals surface area contributed by atoms with Crippen molar-refractivity contribution in [3.63, 3.8) is 0 Å². The molecule has 3 nitrogen and oxygen atoms in total. The lowest BCUT2D eigenvalue weighted by Gasteiger charge is -2.07. The molecule has 0 saturated heterocycles. The van der Waals surface area contributed by atoms with Crippen molar-refractivity contribution in [1.29, 1.82) is 0 Å². The summed E-state index contributed by atoms with van der Waals surface area (Å²) < 4.78 is 0. The topological polar surface area (TPSA) is 38.3 Å². The molecular weight excluding hydrogens is 186 g/mol. The molecule has 4 heteroatoms. The number of aryl methyl sites for hydroxylation is 1. The molecule has 0 saturated carbocycles. The van der Waals surface area contributed by atoms with E-state index >= 15 is 0 Å². The van der Waals surface area contributed by atoms with Crippen LogP contribution in [0.1, 0.15) is 29.8 Å². The van der Waals surface area contributed by atoms with E-state index in [0.717, 1.165) is 5.56 Å². The lowest BCUT2D eigenvalue weighted by atomic mass is 10.2. The first-order valence-corrected chi connectivity index (χ1v) is 5.04. The fourth-order valence-corrected chi connectivity index (χ4v) is 1.65. The summed E-state index contributed by atoms with van der Waals surface area (Å²) in [7, 11) is 0. The van der Waals surface area contributed by atoms with E-state index in [0.29, 0.717) is 5.56 Å². The van der Waals surface area contributed by atoms with Gasteiger partial charge in [0.05, 0.1) is 11.7 Å². The molecule has 0 aliphatic heterocycles. The van der Waals surface area contributed by atoms with Crippen LogP contribution in [0.2, 0.25) is 0 Å². The maximum absolute atomic E-state index is 11.4. The van der Waals surface area contributed by atoms with Gasteiger partial charge in [-0.15, -0.1) is 0 Å². The highest BCUT2D eigenvalue weighted by atomic mass is 32.1. The Bertz CT molecular complexity index is 294. The zero-order chi connectivity index (χ0) is 9.84. The maximum atomic E-state index is 11.4. The molecule has 0 fully saturated rings. The molecule has 0 unspecified atom stereocenters. The van der Waals surface area contributed by atoms with Gasteiger partial charge in [0.2, 0.25) is 0 Å². The third-order valence-corrected chi connectivity index (χ3v) is 2.35. The molecule has 1 aromatic rings. The summed E-state index contributed by atoms with van der Waals surface area (Å²) in [4.78, 5) is 16.4. The van der Waals surface area contributed by atoms with Crippen LogP contribution in [0.5, 0.6) is 0 Å². The van der Waals surface area contributed by atoms with E-state index in [4.69, 9.17) is 4.84 Å². The predicted octanol–water partition coefficient (Wildman–Crippen LogP) is 2.13. The lowest BCUT2D eigenvalue weighted by Crippen LogP contribution is -2.26. The second-order valence-electron chi connectivity index (χ2n) is 3.07. The van der Waals surface area contributed by atoms with Gasteiger partial charge in [0.1, 0.15) is 0 Å². The SMILES string of the molecule is Cc1cscc1C(=O)NOC(C)C. The molecule has 0 atom stereocenters. The van der Waals surface area contributed by atoms with Crippen LogP contribution in [0, 0.1) is 6.92 Å². The fourth-order valence-electron chi connectivity index (χ4n) is 0.819. The number of carbonyl (C=O) groups excluding carboxylic acids is 1. The summed E-state index contributed by atoms with van der Waals surface area (Å²) in [5.41, 5.74) is 4.06. The molecule has 0 spiro atoms. The van der Waals surface area contributed by atoms with E-state index in [9.17, 15) is 4.79 Å². The average Bonchev–Trinajstić information content (AvgIpc) is 2.47. The van der Waals surface area contributed by atoms with Gasteiger partial charge in [0.15, 0.2) is 0 Å². The molecule has 0 aromatic carbocycles. The summed E-state index contributed by atoms with van der Waals surface area (Å²) in [6.07, 6.45) is 0.00268. The van der Waals surface area contributed by atoms with Crippen molar-refractivity contribution in [2.75, 3.05) is 0 Å². The van der Waals surface area contributed by atoms with E-state index in [1.54, 1.807) is 0 Å². The molecule has 72 valence electrons. The molecule has 13 heavy (non-hydrogen) atoms. The van der Waals surface area contributed by atoms with Gasteiger partial charge in [0.25, 0.3) is 5.91 Å². The van der Waals surface area contributed by atoms with Crippen LogP contribution in [0.4, 0.5) is 0 Å². The quantitative estimate of drug-likeness (QED) is 0.757. The number of hydrogen-bond acceptors (Lipinski definition) is 3. The molecule has 1 rings (SSSR count). The minimum Gasteiger partial charge on any atom is -0.271 e. The van der Waals surface area contributed by atoms with Crippen molar-refractivity contribution in [3.05, 3.63) is 21.9 Å². The summed E-state index contributed by atoms with van der Waals surface area (Å²) in [6.45, 7) is 5.63. The van der Waals surface area contributed by atoms with Gasteiger partial charge in [-0.25, -0.2) is 5.48 Å². The molecule has 0 bridgehead atoms. The number of thiophene rings is 1. The van der Waals surface area contributed by atoms with Crippen LogP contribution in [-0.4, -0.2) is 12.0 Å². The molecule has 1 aromatic heterocycles. The van der Waals surface area contributed by atoms with E-state index in [2.05, 4.69) is 5.48 Å². The summed E-state index contributed by atoms with van der Waals surface area (Å²) in [5.74, 6) is -0.174. The minimum absolute atomic E-state index is 0.00268. The third kappa shape index (κ3) is 2.82. The van der Waals surface area contributed by atoms with Crippen molar-refractivity contribution in [1.82, 2.24) is 5.48 Å². The molecule has 1 amide bonds. The van der Waals surface area contributed by atoms with Crippen LogP contribution < -0.4 is 5.48 Å². The molecular formula is C9H13NO2S. The highest BCUT2D eigenvalue weighted by Gasteiger charge is 2.09. The van der Waals surface area contributed by atoms with Crippen LogP contribution in [0.3, 0.4) is 0 Å². The Morgan fingerprint density at radius 3 is 2.69 bits per heavy atom. The zero-order valence-corrected chi connectivity index (χ0v) is 8.77. The van der Waals surface area contributed by atoms with Gasteiger partial charge in [-0.3, -0.25) is 9.63 Å². The van der Waals surface area contributed by atoms with Crippen molar-refractivity contribution >= 4 is 17.2 Å². The monoisotopic (exact) mass is 199 g/mol. The highest BCUT2D eigenvalue weighted by Crippen LogP contribution is 2.13. The largest absolute Gasteiger partial charge is 0.275 e. The number of hydrogen-bond donors (Lipinski definition) is 1. The van der Waals surface area contributed by atoms with Crippen LogP contribution >= 0.6 is 11.3 Å². The second-order valence-corrected chi connectivity index (χ2v) is 3.81. The van der Waals surface area contributed by atoms with Crippen LogP contribution in [0.25, 0.3) is 0 Å². The maximum Gasteiger partial charge on any atom is 0.275 e. The smallest absolute Gasteiger partial charge is 0.271 e. The number of carbonyl (C=O) groups is 1. The van der Waals surface area contributed by atoms with Crippen molar-refractivity contribution in [3.8, 4) is 0 Å². The lowest BCUT2D eigenvalue weighted by molar-refractivity contribution is 0.000179. The van der Waals surface area contributed by atoms with Crippen molar-refractivity contribution in [2.45, 2.75) is 26.9 Å². The van der Waals surface area contributed by atoms with E-state index in [-0.39, 0.29) is 12.0 Å². The fraction of sp³-hybridized carbons (Fsp3) is 0.444. The average molecular weight is 199 g/mol. The number of amides is 1. The summed E-state index contributed by atoms with van der Waals surface area (Å²) in [5, 5.41) is 3.75. The van der Waals surface area contributed by atoms with Crippen LogP contribution in [-0.2, 0) is 4.84 Å². The van der Waals surface area contributed by atoms with Gasteiger partial charge >= 0.3 is 0 Å². The second kappa shape index (κ2) is 4.39. The zero-order valence-electron chi connectivity index (χ0n) is 7.96. The standard InChI is InChI=1S/C9H13NO2S/c1-6(2)12-10-9(11)8-5-13-4-7(8)3/h4-6H,1-3H3,(H,10,11). The Hall–Kier alpha value is -0.870. The van der Waals surface area contributed by atoms with Gasteiger partial charge < -0.3 is 0 Å². The van der Waals surface area contributed by atoms with Gasteiger partial charge in [-0.2, -0.15) is 11.3 Å². The highest BCUT2D eigenvalue weighted by molar-refractivity contribution is 7.08. The van der Waals surface area contributed by atoms with E-state index < -0.39 is 0 Å². The first-order chi connectivity index (χ1) is 6.11. The third-order valence-electron chi connectivity index (χ3n) is 1.49. The Balaban J connectivity index is 2.54. The predicted molar refractivity (Wildman–Crippen MR) is 52.7 cm³/mol. The molecule has 0 aliphatic carbocycles. The Morgan fingerprint density at radius 2 is 2.23 bits per heavy atom. The van der Waals surface area contributed by atoms with Crippen LogP contribution in [0.15, 0.2) is 10.8 Å². The van der Waals surface area contributed by atoms with Gasteiger partial charge in [-0.1, -0.05) is 0 Å². The van der Waals surface area contributed by atoms with Gasteiger partial charge in [-0.05, 0) is 31.7 Å². The number of nitrogens with one attached hydrogen (secondary N) is 1. The van der Waals surface area contributed by atoms with Crippen molar-refractivity contribution < 1.29 is 9.63 Å². The minimum atomic E-state index is -0.174. The first kappa shape index (κ1) is 10.2. The number of hydroxylamine groups is 1. The normalized spacial score (nSPS) is 10.5. The Labute approximate surface area is 81.7 Å². The Kier molecular flexibility index (Phi) is 3.45. The van der Waals surface area contributed by atoms with E-state index in [1.165, 1.54) is 11.3 Å². The summed E-state index contributed by atoms with van der Waals surface area (Å²) in [6, 6.07) is 0. The molecule has 0 aliphatic rings. The molecule has 1 heterocycles. The molecule has 1 N–H and O–H groups in total.